The maximum atomic E-state index is 13.3. The third-order valence-electron chi connectivity index (χ3n) is 2.91. The summed E-state index contributed by atoms with van der Waals surface area (Å²) in [5, 5.41) is 10.6. The molecular formula is C15H13BrClFO2. The summed E-state index contributed by atoms with van der Waals surface area (Å²) in [6.45, 7) is 0. The molecule has 2 nitrogen and oxygen atoms in total. The van der Waals surface area contributed by atoms with Gasteiger partial charge in [-0.25, -0.2) is 4.39 Å². The highest BCUT2D eigenvalue weighted by atomic mass is 79.9. The Labute approximate surface area is 130 Å². The minimum Gasteiger partial charge on any atom is -0.495 e. The van der Waals surface area contributed by atoms with Crippen molar-refractivity contribution in [2.45, 2.75) is 12.5 Å². The van der Waals surface area contributed by atoms with E-state index in [0.29, 0.717) is 32.8 Å². The monoisotopic (exact) mass is 358 g/mol. The third kappa shape index (κ3) is 3.72. The molecule has 0 bridgehead atoms. The normalized spacial score (nSPS) is 12.2. The molecule has 106 valence electrons. The molecule has 0 saturated carbocycles. The molecule has 0 heterocycles. The van der Waals surface area contributed by atoms with Crippen molar-refractivity contribution in [2.24, 2.45) is 0 Å². The third-order valence-corrected chi connectivity index (χ3v) is 3.67. The minimum atomic E-state index is -0.757. The standard InChI is InChI=1S/C15H13BrClFO2/c1-20-15-3-2-10(7-13(15)17)14(19)6-9-4-11(16)8-12(18)5-9/h2-5,7-8,14,19H,6H2,1H3. The molecule has 0 aromatic heterocycles. The molecule has 0 aliphatic heterocycles. The van der Waals surface area contributed by atoms with Crippen LogP contribution in [0.4, 0.5) is 4.39 Å². The molecule has 0 fully saturated rings. The highest BCUT2D eigenvalue weighted by Crippen LogP contribution is 2.29. The second-order valence-corrected chi connectivity index (χ2v) is 5.71. The Hall–Kier alpha value is -1.10. The van der Waals surface area contributed by atoms with Crippen LogP contribution in [-0.2, 0) is 6.42 Å². The molecule has 1 N–H and O–H groups in total. The van der Waals surface area contributed by atoms with E-state index in [9.17, 15) is 9.50 Å². The molecule has 1 unspecified atom stereocenters. The summed E-state index contributed by atoms with van der Waals surface area (Å²) in [4.78, 5) is 0. The first-order chi connectivity index (χ1) is 9.49. The number of ether oxygens (including phenoxy) is 1. The maximum absolute atomic E-state index is 13.3. The Balaban J connectivity index is 2.19. The van der Waals surface area contributed by atoms with E-state index in [2.05, 4.69) is 15.9 Å². The first-order valence-electron chi connectivity index (χ1n) is 5.96. The van der Waals surface area contributed by atoms with Crippen LogP contribution in [-0.4, -0.2) is 12.2 Å². The smallest absolute Gasteiger partial charge is 0.137 e. The predicted octanol–water partition coefficient (Wildman–Crippen LogP) is 4.53. The molecule has 0 radical (unpaired) electrons. The summed E-state index contributed by atoms with van der Waals surface area (Å²) in [7, 11) is 1.53. The van der Waals surface area contributed by atoms with Gasteiger partial charge in [0, 0.05) is 10.9 Å². The molecule has 0 spiro atoms. The fourth-order valence-corrected chi connectivity index (χ4v) is 2.74. The molecular weight excluding hydrogens is 347 g/mol. The number of halogens is 3. The van der Waals surface area contributed by atoms with E-state index in [-0.39, 0.29) is 5.82 Å². The van der Waals surface area contributed by atoms with E-state index in [4.69, 9.17) is 16.3 Å². The van der Waals surface area contributed by atoms with Crippen LogP contribution in [0, 0.1) is 5.82 Å². The van der Waals surface area contributed by atoms with Crippen LogP contribution in [0.2, 0.25) is 5.02 Å². The zero-order chi connectivity index (χ0) is 14.7. The average Bonchev–Trinajstić information content (AvgIpc) is 2.37. The molecule has 5 heteroatoms. The van der Waals surface area contributed by atoms with Gasteiger partial charge >= 0.3 is 0 Å². The zero-order valence-electron chi connectivity index (χ0n) is 10.7. The fraction of sp³-hybridized carbons (Fsp3) is 0.200. The highest BCUT2D eigenvalue weighted by Gasteiger charge is 2.12. The van der Waals surface area contributed by atoms with E-state index >= 15 is 0 Å². The van der Waals surface area contributed by atoms with Crippen molar-refractivity contribution in [3.8, 4) is 5.75 Å². The Morgan fingerprint density at radius 1 is 1.30 bits per heavy atom. The fourth-order valence-electron chi connectivity index (χ4n) is 1.96. The average molecular weight is 360 g/mol. The van der Waals surface area contributed by atoms with Gasteiger partial charge in [0.15, 0.2) is 0 Å². The molecule has 1 atom stereocenters. The van der Waals surface area contributed by atoms with Gasteiger partial charge in [-0.3, -0.25) is 0 Å². The SMILES string of the molecule is COc1ccc(C(O)Cc2cc(F)cc(Br)c2)cc1Cl. The lowest BCUT2D eigenvalue weighted by molar-refractivity contribution is 0.178. The lowest BCUT2D eigenvalue weighted by Crippen LogP contribution is -2.02. The molecule has 0 aliphatic carbocycles. The van der Waals surface area contributed by atoms with Crippen molar-refractivity contribution >= 4 is 27.5 Å². The van der Waals surface area contributed by atoms with Gasteiger partial charge in [-0.15, -0.1) is 0 Å². The molecule has 2 aromatic carbocycles. The Morgan fingerprint density at radius 2 is 2.05 bits per heavy atom. The zero-order valence-corrected chi connectivity index (χ0v) is 13.1. The van der Waals surface area contributed by atoms with Crippen LogP contribution in [0.15, 0.2) is 40.9 Å². The summed E-state index contributed by atoms with van der Waals surface area (Å²) in [6.07, 6.45) is -0.453. The largest absolute Gasteiger partial charge is 0.495 e. The second-order valence-electron chi connectivity index (χ2n) is 4.39. The summed E-state index contributed by atoms with van der Waals surface area (Å²) in [6, 6.07) is 9.64. The number of rotatable bonds is 4. The van der Waals surface area contributed by atoms with Crippen LogP contribution in [0.3, 0.4) is 0 Å². The van der Waals surface area contributed by atoms with Crippen molar-refractivity contribution in [1.82, 2.24) is 0 Å². The maximum Gasteiger partial charge on any atom is 0.137 e. The summed E-state index contributed by atoms with van der Waals surface area (Å²) < 4.78 is 19.0. The summed E-state index contributed by atoms with van der Waals surface area (Å²) in [5.41, 5.74) is 1.37. The molecule has 0 amide bonds. The number of aliphatic hydroxyl groups excluding tert-OH is 1. The van der Waals surface area contributed by atoms with Gasteiger partial charge in [-0.05, 0) is 41.5 Å². The van der Waals surface area contributed by atoms with Gasteiger partial charge in [0.25, 0.3) is 0 Å². The van der Waals surface area contributed by atoms with Gasteiger partial charge in [0.1, 0.15) is 11.6 Å². The van der Waals surface area contributed by atoms with Crippen LogP contribution >= 0.6 is 27.5 Å². The highest BCUT2D eigenvalue weighted by molar-refractivity contribution is 9.10. The minimum absolute atomic E-state index is 0.305. The Kier molecular flexibility index (Phi) is 5.02. The van der Waals surface area contributed by atoms with Gasteiger partial charge in [0.05, 0.1) is 18.2 Å². The first kappa shape index (κ1) is 15.3. The van der Waals surface area contributed by atoms with Crippen molar-refractivity contribution in [3.63, 3.8) is 0 Å². The van der Waals surface area contributed by atoms with E-state index in [1.165, 1.54) is 19.2 Å². The topological polar surface area (TPSA) is 29.5 Å². The number of hydrogen-bond donors (Lipinski definition) is 1. The van der Waals surface area contributed by atoms with Gasteiger partial charge in [0.2, 0.25) is 0 Å². The summed E-state index contributed by atoms with van der Waals surface area (Å²) >= 11 is 9.25. The Morgan fingerprint density at radius 3 is 2.65 bits per heavy atom. The number of benzene rings is 2. The van der Waals surface area contributed by atoms with Crippen LogP contribution in [0.1, 0.15) is 17.2 Å². The van der Waals surface area contributed by atoms with E-state index in [1.807, 2.05) is 0 Å². The second kappa shape index (κ2) is 6.57. The van der Waals surface area contributed by atoms with Crippen LogP contribution in [0.25, 0.3) is 0 Å². The number of hydrogen-bond acceptors (Lipinski definition) is 2. The molecule has 20 heavy (non-hydrogen) atoms. The molecule has 0 aliphatic rings. The quantitative estimate of drug-likeness (QED) is 0.869. The Bertz CT molecular complexity index is 599. The lowest BCUT2D eigenvalue weighted by atomic mass is 10.0. The lowest BCUT2D eigenvalue weighted by Gasteiger charge is -2.13. The van der Waals surface area contributed by atoms with E-state index < -0.39 is 6.10 Å². The number of aliphatic hydroxyl groups is 1. The van der Waals surface area contributed by atoms with Crippen LogP contribution < -0.4 is 4.74 Å². The first-order valence-corrected chi connectivity index (χ1v) is 7.13. The van der Waals surface area contributed by atoms with Gasteiger partial charge < -0.3 is 9.84 Å². The predicted molar refractivity (Wildman–Crippen MR) is 80.8 cm³/mol. The van der Waals surface area contributed by atoms with Gasteiger partial charge in [-0.1, -0.05) is 33.6 Å². The molecule has 2 rings (SSSR count). The summed E-state index contributed by atoms with van der Waals surface area (Å²) in [5.74, 6) is 0.213. The van der Waals surface area contributed by atoms with Crippen molar-refractivity contribution in [1.29, 1.82) is 0 Å². The van der Waals surface area contributed by atoms with E-state index in [1.54, 1.807) is 24.3 Å². The number of methoxy groups -OCH3 is 1. The molecule has 0 saturated heterocycles. The van der Waals surface area contributed by atoms with Crippen molar-refractivity contribution in [2.75, 3.05) is 7.11 Å². The van der Waals surface area contributed by atoms with Crippen molar-refractivity contribution < 1.29 is 14.2 Å². The van der Waals surface area contributed by atoms with Gasteiger partial charge in [-0.2, -0.15) is 0 Å². The van der Waals surface area contributed by atoms with E-state index in [0.717, 1.165) is 0 Å². The van der Waals surface area contributed by atoms with Crippen molar-refractivity contribution in [3.05, 3.63) is 62.8 Å². The van der Waals surface area contributed by atoms with Crippen LogP contribution in [0.5, 0.6) is 5.75 Å². The molecule has 2 aromatic rings.